The second kappa shape index (κ2) is 3.43. The average Bonchev–Trinajstić information content (AvgIpc) is 2.77. The van der Waals surface area contributed by atoms with Crippen LogP contribution in [0, 0.1) is 0 Å². The van der Waals surface area contributed by atoms with Crippen LogP contribution in [-0.2, 0) is 18.3 Å². The van der Waals surface area contributed by atoms with Crippen LogP contribution in [0.5, 0.6) is 0 Å². The van der Waals surface area contributed by atoms with Gasteiger partial charge in [0.15, 0.2) is 5.58 Å². The Morgan fingerprint density at radius 3 is 2.87 bits per heavy atom. The fraction of sp³-hybridized carbons (Fsp3) is 0.300. The topological polar surface area (TPSA) is 70.4 Å². The number of esters is 1. The summed E-state index contributed by atoms with van der Waals surface area (Å²) in [6.45, 7) is 0.349. The van der Waals surface area contributed by atoms with Gasteiger partial charge in [-0.3, -0.25) is 0 Å². The van der Waals surface area contributed by atoms with E-state index in [4.69, 9.17) is 10.2 Å². The van der Waals surface area contributed by atoms with Gasteiger partial charge in [-0.2, -0.15) is 0 Å². The van der Waals surface area contributed by atoms with Gasteiger partial charge in [0.25, 0.3) is 0 Å². The van der Waals surface area contributed by atoms with Crippen LogP contribution >= 0.6 is 0 Å². The summed E-state index contributed by atoms with van der Waals surface area (Å²) < 4.78 is 11.8. The minimum Gasteiger partial charge on any atom is -0.464 e. The van der Waals surface area contributed by atoms with Gasteiger partial charge in [0, 0.05) is 19.2 Å². The van der Waals surface area contributed by atoms with Gasteiger partial charge in [-0.15, -0.1) is 0 Å². The largest absolute Gasteiger partial charge is 0.464 e. The number of nitrogens with zero attached hydrogens (tertiary/aromatic N) is 1. The van der Waals surface area contributed by atoms with Crippen LogP contribution in [0.3, 0.4) is 0 Å². The highest BCUT2D eigenvalue weighted by atomic mass is 16.5. The van der Waals surface area contributed by atoms with E-state index < -0.39 is 0 Å². The minimum atomic E-state index is -0.377. The zero-order valence-electron chi connectivity index (χ0n) is 8.61. The number of hydrogen-bond donors (Lipinski definition) is 1. The lowest BCUT2D eigenvalue weighted by molar-refractivity contribution is 0.0590. The Morgan fingerprint density at radius 2 is 2.33 bits per heavy atom. The Morgan fingerprint density at radius 1 is 1.60 bits per heavy atom. The van der Waals surface area contributed by atoms with Crippen molar-refractivity contribution in [2.24, 2.45) is 12.8 Å². The van der Waals surface area contributed by atoms with E-state index in [0.29, 0.717) is 23.6 Å². The molecular formula is C10H12N2O3. The molecule has 0 saturated heterocycles. The van der Waals surface area contributed by atoms with E-state index in [1.165, 1.54) is 7.11 Å². The van der Waals surface area contributed by atoms with E-state index in [2.05, 4.69) is 4.74 Å². The number of methoxy groups -OCH3 is 1. The maximum atomic E-state index is 11.3. The van der Waals surface area contributed by atoms with Crippen molar-refractivity contribution in [3.63, 3.8) is 0 Å². The Labute approximate surface area is 86.4 Å². The summed E-state index contributed by atoms with van der Waals surface area (Å²) in [6, 6.07) is 3.47. The van der Waals surface area contributed by atoms with Crippen LogP contribution in [0.1, 0.15) is 16.2 Å². The maximum absolute atomic E-state index is 11.3. The van der Waals surface area contributed by atoms with E-state index in [0.717, 1.165) is 5.52 Å². The lowest BCUT2D eigenvalue weighted by Gasteiger charge is -2.00. The van der Waals surface area contributed by atoms with E-state index in [1.54, 1.807) is 17.7 Å². The molecule has 0 atom stereocenters. The summed E-state index contributed by atoms with van der Waals surface area (Å²) in [5.41, 5.74) is 7.41. The van der Waals surface area contributed by atoms with Crippen molar-refractivity contribution in [1.29, 1.82) is 0 Å². The van der Waals surface area contributed by atoms with Crippen molar-refractivity contribution >= 4 is 17.1 Å². The lowest BCUT2D eigenvalue weighted by Crippen LogP contribution is -2.07. The van der Waals surface area contributed by atoms with Crippen LogP contribution in [0.25, 0.3) is 11.1 Å². The summed E-state index contributed by atoms with van der Waals surface area (Å²) in [7, 11) is 3.13. The zero-order valence-corrected chi connectivity index (χ0v) is 8.61. The summed E-state index contributed by atoms with van der Waals surface area (Å²) >= 11 is 0. The second-order valence-corrected chi connectivity index (χ2v) is 3.25. The van der Waals surface area contributed by atoms with Crippen molar-refractivity contribution in [2.75, 3.05) is 7.11 Å². The molecule has 0 aliphatic rings. The number of aromatic nitrogens is 1. The number of nitrogens with two attached hydrogens (primary N) is 1. The quantitative estimate of drug-likeness (QED) is 0.748. The summed E-state index contributed by atoms with van der Waals surface area (Å²) in [5, 5.41) is 0. The van der Waals surface area contributed by atoms with Crippen molar-refractivity contribution < 1.29 is 13.9 Å². The molecule has 0 amide bonds. The third kappa shape index (κ3) is 1.41. The van der Waals surface area contributed by atoms with Crippen LogP contribution in [0.15, 0.2) is 16.5 Å². The van der Waals surface area contributed by atoms with Gasteiger partial charge >= 0.3 is 5.97 Å². The number of rotatable bonds is 2. The van der Waals surface area contributed by atoms with Gasteiger partial charge < -0.3 is 19.5 Å². The van der Waals surface area contributed by atoms with Gasteiger partial charge in [0.1, 0.15) is 11.5 Å². The monoisotopic (exact) mass is 208 g/mol. The Hall–Kier alpha value is -1.75. The van der Waals surface area contributed by atoms with Crippen LogP contribution in [-0.4, -0.2) is 17.6 Å². The molecule has 0 saturated carbocycles. The van der Waals surface area contributed by atoms with Crippen molar-refractivity contribution in [2.45, 2.75) is 6.54 Å². The number of carbonyl (C=O) groups excluding carboxylic acids is 1. The minimum absolute atomic E-state index is 0.349. The normalized spacial score (nSPS) is 10.9. The van der Waals surface area contributed by atoms with Crippen LogP contribution in [0.2, 0.25) is 0 Å². The molecule has 5 heteroatoms. The van der Waals surface area contributed by atoms with Gasteiger partial charge in [0.05, 0.1) is 19.2 Å². The Balaban J connectivity index is 2.57. The molecule has 0 aliphatic carbocycles. The van der Waals surface area contributed by atoms with Crippen molar-refractivity contribution in [3.05, 3.63) is 23.6 Å². The third-order valence-corrected chi connectivity index (χ3v) is 2.38. The van der Waals surface area contributed by atoms with E-state index >= 15 is 0 Å². The van der Waals surface area contributed by atoms with Crippen LogP contribution in [0.4, 0.5) is 0 Å². The van der Waals surface area contributed by atoms with E-state index in [9.17, 15) is 4.79 Å². The third-order valence-electron chi connectivity index (χ3n) is 2.38. The van der Waals surface area contributed by atoms with Crippen LogP contribution < -0.4 is 5.73 Å². The Bertz CT molecular complexity index is 510. The zero-order chi connectivity index (χ0) is 11.0. The predicted molar refractivity (Wildman–Crippen MR) is 54.4 cm³/mol. The molecule has 0 spiro atoms. The maximum Gasteiger partial charge on any atom is 0.354 e. The molecule has 80 valence electrons. The summed E-state index contributed by atoms with van der Waals surface area (Å²) in [5.74, 6) is 0.324. The fourth-order valence-corrected chi connectivity index (χ4v) is 1.56. The fourth-order valence-electron chi connectivity index (χ4n) is 1.56. The van der Waals surface area contributed by atoms with Gasteiger partial charge in [-0.1, -0.05) is 0 Å². The van der Waals surface area contributed by atoms with Crippen molar-refractivity contribution in [1.82, 2.24) is 4.57 Å². The first-order chi connectivity index (χ1) is 7.17. The first-order valence-electron chi connectivity index (χ1n) is 4.54. The van der Waals surface area contributed by atoms with Gasteiger partial charge in [-0.05, 0) is 0 Å². The summed E-state index contributed by atoms with van der Waals surface area (Å²) in [4.78, 5) is 11.3. The van der Waals surface area contributed by atoms with E-state index in [1.807, 2.05) is 6.07 Å². The number of aryl methyl sites for hydroxylation is 1. The number of carbonyl (C=O) groups is 1. The smallest absolute Gasteiger partial charge is 0.354 e. The molecule has 2 heterocycles. The number of ether oxygens (including phenoxy) is 1. The molecule has 0 fully saturated rings. The first-order valence-corrected chi connectivity index (χ1v) is 4.54. The number of furan rings is 1. The highest BCUT2D eigenvalue weighted by Crippen LogP contribution is 2.23. The molecule has 2 aromatic rings. The van der Waals surface area contributed by atoms with E-state index in [-0.39, 0.29) is 5.97 Å². The SMILES string of the molecule is COC(=O)c1cc2oc(CN)cc2n1C. The Kier molecular flexibility index (Phi) is 2.24. The average molecular weight is 208 g/mol. The first kappa shape index (κ1) is 9.79. The molecule has 0 bridgehead atoms. The molecule has 0 aliphatic heterocycles. The predicted octanol–water partition coefficient (Wildman–Crippen LogP) is 1.02. The standard InChI is InChI=1S/C10H12N2O3/c1-12-7-3-6(5-11)15-9(7)4-8(12)10(13)14-2/h3-4H,5,11H2,1-2H3. The van der Waals surface area contributed by atoms with Crippen molar-refractivity contribution in [3.8, 4) is 0 Å². The number of hydrogen-bond acceptors (Lipinski definition) is 4. The molecule has 2 rings (SSSR count). The molecule has 0 radical (unpaired) electrons. The molecular weight excluding hydrogens is 196 g/mol. The molecule has 15 heavy (non-hydrogen) atoms. The lowest BCUT2D eigenvalue weighted by atomic mass is 10.4. The second-order valence-electron chi connectivity index (χ2n) is 3.25. The molecule has 2 aromatic heterocycles. The summed E-state index contributed by atoms with van der Waals surface area (Å²) in [6.07, 6.45) is 0. The highest BCUT2D eigenvalue weighted by molar-refractivity contribution is 5.94. The highest BCUT2D eigenvalue weighted by Gasteiger charge is 2.16. The molecule has 2 N–H and O–H groups in total. The number of fused-ring (bicyclic) bond motifs is 1. The molecule has 0 unspecified atom stereocenters. The molecule has 0 aromatic carbocycles. The van der Waals surface area contributed by atoms with Gasteiger partial charge in [0.2, 0.25) is 0 Å². The van der Waals surface area contributed by atoms with Gasteiger partial charge in [-0.25, -0.2) is 4.79 Å². The molecule has 5 nitrogen and oxygen atoms in total.